The first kappa shape index (κ1) is 12.2. The normalized spacial score (nSPS) is 51.6. The SMILES string of the molecule is C[C@H]1C(=O)O[C@@H]2[C@@H]1CC[C@]1(C)CCC(=O)[C@H](C)[C@H]21. The molecule has 1 aliphatic heterocycles. The fourth-order valence-corrected chi connectivity index (χ4v) is 4.62. The zero-order valence-corrected chi connectivity index (χ0v) is 11.4. The summed E-state index contributed by atoms with van der Waals surface area (Å²) in [5, 5.41) is 0. The van der Waals surface area contributed by atoms with Crippen molar-refractivity contribution in [2.45, 2.75) is 52.6 Å². The molecule has 1 saturated heterocycles. The average Bonchev–Trinajstić information content (AvgIpc) is 2.60. The Kier molecular flexibility index (Phi) is 2.58. The van der Waals surface area contributed by atoms with Gasteiger partial charge in [-0.15, -0.1) is 0 Å². The minimum absolute atomic E-state index is 0.00880. The van der Waals surface area contributed by atoms with Gasteiger partial charge in [-0.3, -0.25) is 9.59 Å². The number of fused-ring (bicyclic) bond motifs is 3. The Balaban J connectivity index is 1.96. The Morgan fingerprint density at radius 1 is 1.17 bits per heavy atom. The van der Waals surface area contributed by atoms with E-state index in [0.717, 1.165) is 19.3 Å². The number of esters is 1. The van der Waals surface area contributed by atoms with Gasteiger partial charge in [0.25, 0.3) is 0 Å². The number of ketones is 1. The molecule has 100 valence electrons. The van der Waals surface area contributed by atoms with Crippen LogP contribution in [0.5, 0.6) is 0 Å². The van der Waals surface area contributed by atoms with Crippen molar-refractivity contribution in [2.75, 3.05) is 0 Å². The van der Waals surface area contributed by atoms with Gasteiger partial charge in [0, 0.05) is 24.2 Å². The monoisotopic (exact) mass is 250 g/mol. The van der Waals surface area contributed by atoms with Crippen LogP contribution in [-0.4, -0.2) is 17.9 Å². The predicted octanol–water partition coefficient (Wildman–Crippen LogP) is 2.58. The van der Waals surface area contributed by atoms with E-state index in [9.17, 15) is 9.59 Å². The molecule has 0 bridgehead atoms. The molecular formula is C15H22O3. The van der Waals surface area contributed by atoms with Crippen LogP contribution in [-0.2, 0) is 14.3 Å². The van der Waals surface area contributed by atoms with Crippen molar-refractivity contribution >= 4 is 11.8 Å². The van der Waals surface area contributed by atoms with E-state index in [4.69, 9.17) is 4.74 Å². The van der Waals surface area contributed by atoms with Crippen molar-refractivity contribution in [2.24, 2.45) is 29.1 Å². The zero-order valence-electron chi connectivity index (χ0n) is 11.4. The van der Waals surface area contributed by atoms with Crippen molar-refractivity contribution in [3.8, 4) is 0 Å². The van der Waals surface area contributed by atoms with E-state index in [-0.39, 0.29) is 35.2 Å². The number of hydrogen-bond acceptors (Lipinski definition) is 3. The van der Waals surface area contributed by atoms with Gasteiger partial charge in [0.2, 0.25) is 0 Å². The summed E-state index contributed by atoms with van der Waals surface area (Å²) in [5.74, 6) is 0.946. The van der Waals surface area contributed by atoms with Gasteiger partial charge < -0.3 is 4.74 Å². The Bertz CT molecular complexity index is 403. The third kappa shape index (κ3) is 1.49. The van der Waals surface area contributed by atoms with Gasteiger partial charge in [0.1, 0.15) is 11.9 Å². The Labute approximate surface area is 108 Å². The van der Waals surface area contributed by atoms with Crippen LogP contribution in [0, 0.1) is 29.1 Å². The number of carbonyl (C=O) groups excluding carboxylic acids is 2. The molecule has 0 radical (unpaired) electrons. The minimum atomic E-state index is -0.0560. The van der Waals surface area contributed by atoms with Crippen LogP contribution in [0.15, 0.2) is 0 Å². The lowest BCUT2D eigenvalue weighted by atomic mass is 9.53. The summed E-state index contributed by atoms with van der Waals surface area (Å²) in [7, 11) is 0. The molecule has 3 rings (SSSR count). The molecule has 2 saturated carbocycles. The smallest absolute Gasteiger partial charge is 0.309 e. The van der Waals surface area contributed by atoms with Crippen LogP contribution >= 0.6 is 0 Å². The molecule has 2 aliphatic carbocycles. The first-order chi connectivity index (χ1) is 8.44. The maximum atomic E-state index is 12.0. The third-order valence-corrected chi connectivity index (χ3v) is 5.88. The lowest BCUT2D eigenvalue weighted by Crippen LogP contribution is -2.52. The van der Waals surface area contributed by atoms with E-state index in [2.05, 4.69) is 6.92 Å². The molecule has 1 heterocycles. The van der Waals surface area contributed by atoms with Crippen molar-refractivity contribution in [3.05, 3.63) is 0 Å². The summed E-state index contributed by atoms with van der Waals surface area (Å²) < 4.78 is 5.64. The fraction of sp³-hybridized carbons (Fsp3) is 0.867. The summed E-state index contributed by atoms with van der Waals surface area (Å²) in [6, 6.07) is 0. The molecule has 0 amide bonds. The second kappa shape index (κ2) is 3.82. The summed E-state index contributed by atoms with van der Waals surface area (Å²) in [5.41, 5.74) is 0.193. The largest absolute Gasteiger partial charge is 0.461 e. The first-order valence-corrected chi connectivity index (χ1v) is 7.17. The van der Waals surface area contributed by atoms with Crippen LogP contribution in [0.2, 0.25) is 0 Å². The third-order valence-electron chi connectivity index (χ3n) is 5.88. The average molecular weight is 250 g/mol. The maximum Gasteiger partial charge on any atom is 0.309 e. The van der Waals surface area contributed by atoms with E-state index in [1.807, 2.05) is 13.8 Å². The Hall–Kier alpha value is -0.860. The highest BCUT2D eigenvalue weighted by Crippen LogP contribution is 2.56. The first-order valence-electron chi connectivity index (χ1n) is 7.17. The molecule has 3 fully saturated rings. The highest BCUT2D eigenvalue weighted by molar-refractivity contribution is 5.82. The van der Waals surface area contributed by atoms with Gasteiger partial charge in [0.05, 0.1) is 5.92 Å². The summed E-state index contributed by atoms with van der Waals surface area (Å²) in [6.45, 7) is 6.29. The number of Topliss-reactive ketones (excluding diaryl/α,β-unsaturated/α-hetero) is 1. The number of carbonyl (C=O) groups is 2. The molecule has 0 aromatic rings. The summed E-state index contributed by atoms with van der Waals surface area (Å²) in [4.78, 5) is 23.8. The topological polar surface area (TPSA) is 43.4 Å². The van der Waals surface area contributed by atoms with Crippen molar-refractivity contribution in [1.29, 1.82) is 0 Å². The number of ether oxygens (including phenoxy) is 1. The molecule has 18 heavy (non-hydrogen) atoms. The number of hydrogen-bond donors (Lipinski definition) is 0. The molecule has 0 aromatic heterocycles. The van der Waals surface area contributed by atoms with Crippen molar-refractivity contribution in [1.82, 2.24) is 0 Å². The fourth-order valence-electron chi connectivity index (χ4n) is 4.62. The highest BCUT2D eigenvalue weighted by atomic mass is 16.6. The van der Waals surface area contributed by atoms with Crippen LogP contribution in [0.4, 0.5) is 0 Å². The van der Waals surface area contributed by atoms with Crippen LogP contribution in [0.25, 0.3) is 0 Å². The van der Waals surface area contributed by atoms with E-state index >= 15 is 0 Å². The molecule has 0 N–H and O–H groups in total. The van der Waals surface area contributed by atoms with Crippen molar-refractivity contribution < 1.29 is 14.3 Å². The molecule has 0 unspecified atom stereocenters. The second-order valence-electron chi connectivity index (χ2n) is 6.83. The van der Waals surface area contributed by atoms with E-state index in [1.165, 1.54) is 0 Å². The molecule has 0 aromatic carbocycles. The van der Waals surface area contributed by atoms with Gasteiger partial charge in [-0.1, -0.05) is 20.8 Å². The van der Waals surface area contributed by atoms with Crippen LogP contribution in [0.3, 0.4) is 0 Å². The highest BCUT2D eigenvalue weighted by Gasteiger charge is 2.58. The predicted molar refractivity (Wildman–Crippen MR) is 66.8 cm³/mol. The maximum absolute atomic E-state index is 12.0. The summed E-state index contributed by atoms with van der Waals surface area (Å²) >= 11 is 0. The van der Waals surface area contributed by atoms with Gasteiger partial charge in [0.15, 0.2) is 0 Å². The zero-order chi connectivity index (χ0) is 13.1. The number of rotatable bonds is 0. The molecule has 3 heteroatoms. The van der Waals surface area contributed by atoms with Gasteiger partial charge in [-0.2, -0.15) is 0 Å². The van der Waals surface area contributed by atoms with Gasteiger partial charge in [-0.05, 0) is 24.7 Å². The molecular weight excluding hydrogens is 228 g/mol. The van der Waals surface area contributed by atoms with E-state index in [1.54, 1.807) is 0 Å². The molecule has 3 aliphatic rings. The lowest BCUT2D eigenvalue weighted by Gasteiger charge is -2.51. The molecule has 3 nitrogen and oxygen atoms in total. The summed E-state index contributed by atoms with van der Waals surface area (Å²) in [6.07, 6.45) is 3.87. The van der Waals surface area contributed by atoms with Crippen molar-refractivity contribution in [3.63, 3.8) is 0 Å². The molecule has 0 spiro atoms. The standard InChI is InChI=1S/C15H22O3/c1-8-10-4-6-15(3)7-5-11(16)9(2)12(15)13(10)18-14(8)17/h8-10,12-13H,4-7H2,1-3H3/t8-,9+,10-,12-,13-,15-/m1/s1. The Morgan fingerprint density at radius 2 is 1.89 bits per heavy atom. The molecule has 6 atom stereocenters. The quantitative estimate of drug-likeness (QED) is 0.621. The second-order valence-corrected chi connectivity index (χ2v) is 6.83. The van der Waals surface area contributed by atoms with Crippen LogP contribution < -0.4 is 0 Å². The van der Waals surface area contributed by atoms with E-state index in [0.29, 0.717) is 18.1 Å². The van der Waals surface area contributed by atoms with Gasteiger partial charge >= 0.3 is 5.97 Å². The lowest BCUT2D eigenvalue weighted by molar-refractivity contribution is -0.158. The van der Waals surface area contributed by atoms with Gasteiger partial charge in [-0.25, -0.2) is 0 Å². The minimum Gasteiger partial charge on any atom is -0.461 e. The Morgan fingerprint density at radius 3 is 2.61 bits per heavy atom. The van der Waals surface area contributed by atoms with Crippen LogP contribution in [0.1, 0.15) is 46.5 Å². The van der Waals surface area contributed by atoms with E-state index < -0.39 is 0 Å².